The summed E-state index contributed by atoms with van der Waals surface area (Å²) in [5.41, 5.74) is 1.85. The van der Waals surface area contributed by atoms with Gasteiger partial charge in [0.1, 0.15) is 13.2 Å². The lowest BCUT2D eigenvalue weighted by atomic mass is 9.92. The number of rotatable bonds is 10. The Balaban J connectivity index is 1.23. The number of carboxylic acid groups (broad SMARTS) is 1. The number of nitrogens with zero attached hydrogens (tertiary/aromatic N) is 2. The van der Waals surface area contributed by atoms with Crippen molar-refractivity contribution in [2.45, 2.75) is 57.6 Å². The fraction of sp³-hybridized carbons (Fsp3) is 0.300. The Kier molecular flexibility index (Phi) is 7.99. The molecule has 8 heteroatoms. The number of carbonyl (C=O) groups excluding carboxylic acids is 1. The smallest absolute Gasteiger partial charge is 0.356 e. The highest BCUT2D eigenvalue weighted by atomic mass is 16.5. The number of aromatic nitrogens is 2. The lowest BCUT2D eigenvalue weighted by molar-refractivity contribution is -0.124. The maximum atomic E-state index is 13.0. The number of hydrogen-bond acceptors (Lipinski definition) is 5. The molecule has 196 valence electrons. The minimum absolute atomic E-state index is 0.0799. The summed E-state index contributed by atoms with van der Waals surface area (Å²) >= 11 is 0. The molecule has 38 heavy (non-hydrogen) atoms. The molecule has 2 unspecified atom stereocenters. The van der Waals surface area contributed by atoms with E-state index < -0.39 is 5.97 Å². The summed E-state index contributed by atoms with van der Waals surface area (Å²) < 4.78 is 13.4. The van der Waals surface area contributed by atoms with E-state index in [4.69, 9.17) is 9.47 Å². The maximum absolute atomic E-state index is 13.0. The van der Waals surface area contributed by atoms with Crippen molar-refractivity contribution in [1.29, 1.82) is 0 Å². The van der Waals surface area contributed by atoms with Gasteiger partial charge in [-0.05, 0) is 40.8 Å². The molecule has 8 nitrogen and oxygen atoms in total. The van der Waals surface area contributed by atoms with Crippen molar-refractivity contribution in [2.24, 2.45) is 0 Å². The van der Waals surface area contributed by atoms with Gasteiger partial charge in [0.05, 0.1) is 18.8 Å². The zero-order valence-electron chi connectivity index (χ0n) is 21.1. The first-order valence-corrected chi connectivity index (χ1v) is 12.9. The van der Waals surface area contributed by atoms with Gasteiger partial charge in [-0.25, -0.2) is 9.48 Å². The highest BCUT2D eigenvalue weighted by Crippen LogP contribution is 2.23. The summed E-state index contributed by atoms with van der Waals surface area (Å²) in [7, 11) is 0. The molecule has 1 aliphatic rings. The van der Waals surface area contributed by atoms with Crippen LogP contribution in [0.2, 0.25) is 0 Å². The predicted molar refractivity (Wildman–Crippen MR) is 143 cm³/mol. The third kappa shape index (κ3) is 6.39. The Morgan fingerprint density at radius 1 is 0.895 bits per heavy atom. The zero-order chi connectivity index (χ0) is 26.3. The van der Waals surface area contributed by atoms with Gasteiger partial charge in [-0.15, -0.1) is 0 Å². The molecule has 1 saturated carbocycles. The van der Waals surface area contributed by atoms with E-state index in [1.165, 1.54) is 10.7 Å². The van der Waals surface area contributed by atoms with E-state index in [2.05, 4.69) is 10.4 Å². The molecule has 0 saturated heterocycles. The number of amides is 1. The number of carbonyl (C=O) groups is 2. The third-order valence-corrected chi connectivity index (χ3v) is 6.81. The van der Waals surface area contributed by atoms with Gasteiger partial charge in [0.2, 0.25) is 11.8 Å². The lowest BCUT2D eigenvalue weighted by Gasteiger charge is -2.32. The summed E-state index contributed by atoms with van der Waals surface area (Å²) in [6.45, 7) is 0.559. The molecular formula is C30H31N3O5. The van der Waals surface area contributed by atoms with Crippen LogP contribution < -0.4 is 10.1 Å². The van der Waals surface area contributed by atoms with E-state index in [1.807, 2.05) is 72.8 Å². The minimum atomic E-state index is -1.18. The molecule has 1 fully saturated rings. The van der Waals surface area contributed by atoms with E-state index in [-0.39, 0.29) is 42.8 Å². The average Bonchev–Trinajstić information content (AvgIpc) is 3.34. The number of hydrogen-bond donors (Lipinski definition) is 2. The van der Waals surface area contributed by atoms with Gasteiger partial charge in [0.25, 0.3) is 0 Å². The Morgan fingerprint density at radius 2 is 1.66 bits per heavy atom. The zero-order valence-corrected chi connectivity index (χ0v) is 21.1. The Bertz CT molecular complexity index is 1400. The van der Waals surface area contributed by atoms with Crippen LogP contribution in [-0.4, -0.2) is 38.9 Å². The SMILES string of the molecule is O=C(Cn1nc(C(=O)O)cc1OCc1ccc2ccccc2c1)NC1CCCCC1OCc1ccccc1. The monoisotopic (exact) mass is 513 g/mol. The summed E-state index contributed by atoms with van der Waals surface area (Å²) in [4.78, 5) is 24.6. The standard InChI is InChI=1S/C30H31N3O5/c34-28(31-25-12-6-7-13-27(25)37-19-21-8-2-1-3-9-21)18-33-29(17-26(32-33)30(35)36)38-20-22-14-15-23-10-4-5-11-24(23)16-22/h1-5,8-11,14-17,25,27H,6-7,12-13,18-20H2,(H,31,34)(H,35,36). The predicted octanol–water partition coefficient (Wildman–Crippen LogP) is 4.96. The van der Waals surface area contributed by atoms with Crippen LogP contribution in [0.5, 0.6) is 5.88 Å². The molecular weight excluding hydrogens is 482 g/mol. The second-order valence-electron chi connectivity index (χ2n) is 9.59. The number of fused-ring (bicyclic) bond motifs is 1. The molecule has 3 aromatic carbocycles. The molecule has 1 aliphatic carbocycles. The van der Waals surface area contributed by atoms with Crippen molar-refractivity contribution in [1.82, 2.24) is 15.1 Å². The topological polar surface area (TPSA) is 103 Å². The Morgan fingerprint density at radius 3 is 2.47 bits per heavy atom. The second kappa shape index (κ2) is 11.9. The van der Waals surface area contributed by atoms with Crippen LogP contribution >= 0.6 is 0 Å². The number of nitrogens with one attached hydrogen (secondary N) is 1. The van der Waals surface area contributed by atoms with Gasteiger partial charge in [0.15, 0.2) is 5.69 Å². The molecule has 0 bridgehead atoms. The van der Waals surface area contributed by atoms with Gasteiger partial charge in [-0.2, -0.15) is 5.10 Å². The molecule has 1 aromatic heterocycles. The van der Waals surface area contributed by atoms with Crippen molar-refractivity contribution in [3.63, 3.8) is 0 Å². The summed E-state index contributed by atoms with van der Waals surface area (Å²) in [6, 6.07) is 25.2. The van der Waals surface area contributed by atoms with E-state index in [9.17, 15) is 14.7 Å². The van der Waals surface area contributed by atoms with E-state index in [0.717, 1.165) is 47.6 Å². The molecule has 5 rings (SSSR count). The van der Waals surface area contributed by atoms with Gasteiger partial charge < -0.3 is 19.9 Å². The van der Waals surface area contributed by atoms with Crippen LogP contribution in [0.25, 0.3) is 10.8 Å². The summed E-state index contributed by atoms with van der Waals surface area (Å²) in [5, 5.41) is 18.9. The number of aromatic carboxylic acids is 1. The molecule has 4 aromatic rings. The van der Waals surface area contributed by atoms with E-state index >= 15 is 0 Å². The van der Waals surface area contributed by atoms with Crippen LogP contribution in [0.15, 0.2) is 78.9 Å². The van der Waals surface area contributed by atoms with Crippen molar-refractivity contribution >= 4 is 22.6 Å². The minimum Gasteiger partial charge on any atom is -0.476 e. The first kappa shape index (κ1) is 25.5. The van der Waals surface area contributed by atoms with E-state index in [0.29, 0.717) is 6.61 Å². The van der Waals surface area contributed by atoms with Crippen LogP contribution in [0.3, 0.4) is 0 Å². The largest absolute Gasteiger partial charge is 0.476 e. The molecule has 2 N–H and O–H groups in total. The molecule has 0 radical (unpaired) electrons. The van der Waals surface area contributed by atoms with E-state index in [1.54, 1.807) is 0 Å². The average molecular weight is 514 g/mol. The first-order chi connectivity index (χ1) is 18.5. The summed E-state index contributed by atoms with van der Waals surface area (Å²) in [5.74, 6) is -1.21. The first-order valence-electron chi connectivity index (χ1n) is 12.9. The molecule has 1 heterocycles. The fourth-order valence-corrected chi connectivity index (χ4v) is 4.85. The highest BCUT2D eigenvalue weighted by Gasteiger charge is 2.28. The van der Waals surface area contributed by atoms with Gasteiger partial charge in [-0.3, -0.25) is 4.79 Å². The fourth-order valence-electron chi connectivity index (χ4n) is 4.85. The maximum Gasteiger partial charge on any atom is 0.356 e. The number of benzene rings is 3. The van der Waals surface area contributed by atoms with Gasteiger partial charge in [-0.1, -0.05) is 79.6 Å². The van der Waals surface area contributed by atoms with Crippen molar-refractivity contribution in [3.05, 3.63) is 95.7 Å². The van der Waals surface area contributed by atoms with Crippen LogP contribution in [-0.2, 0) is 29.3 Å². The van der Waals surface area contributed by atoms with Crippen molar-refractivity contribution in [2.75, 3.05) is 0 Å². The van der Waals surface area contributed by atoms with Gasteiger partial charge in [0, 0.05) is 6.07 Å². The molecule has 0 aliphatic heterocycles. The van der Waals surface area contributed by atoms with Crippen LogP contribution in [0.4, 0.5) is 0 Å². The molecule has 0 spiro atoms. The Hall–Kier alpha value is -4.17. The van der Waals surface area contributed by atoms with Crippen LogP contribution in [0, 0.1) is 0 Å². The molecule has 1 amide bonds. The molecule has 2 atom stereocenters. The number of carboxylic acids is 1. The van der Waals surface area contributed by atoms with Gasteiger partial charge >= 0.3 is 5.97 Å². The van der Waals surface area contributed by atoms with Crippen LogP contribution in [0.1, 0.15) is 47.3 Å². The third-order valence-electron chi connectivity index (χ3n) is 6.81. The summed E-state index contributed by atoms with van der Waals surface area (Å²) in [6.07, 6.45) is 3.70. The van der Waals surface area contributed by atoms with Crippen molar-refractivity contribution < 1.29 is 24.2 Å². The van der Waals surface area contributed by atoms with Crippen molar-refractivity contribution in [3.8, 4) is 5.88 Å². The highest BCUT2D eigenvalue weighted by molar-refractivity contribution is 5.86. The second-order valence-corrected chi connectivity index (χ2v) is 9.59. The lowest BCUT2D eigenvalue weighted by Crippen LogP contribution is -2.47. The number of ether oxygens (including phenoxy) is 2. The Labute approximate surface area is 221 Å². The quantitative estimate of drug-likeness (QED) is 0.311. The normalized spacial score (nSPS) is 17.3.